The highest BCUT2D eigenvalue weighted by Gasteiger charge is 2.24. The molecule has 1 N–H and O–H groups in total. The van der Waals surface area contributed by atoms with Gasteiger partial charge < -0.3 is 15.0 Å². The molecule has 0 radical (unpaired) electrons. The van der Waals surface area contributed by atoms with Crippen LogP contribution in [0.3, 0.4) is 0 Å². The number of carbonyl (C=O) groups is 1. The molecule has 0 aliphatic carbocycles. The lowest BCUT2D eigenvalue weighted by molar-refractivity contribution is 0.0245. The average Bonchev–Trinajstić information content (AvgIpc) is 2.50. The maximum absolute atomic E-state index is 12.1. The molecule has 5 heteroatoms. The maximum Gasteiger partial charge on any atom is 0.410 e. The summed E-state index contributed by atoms with van der Waals surface area (Å²) in [6.07, 6.45) is -0.262. The van der Waals surface area contributed by atoms with Crippen LogP contribution in [0.1, 0.15) is 26.3 Å². The van der Waals surface area contributed by atoms with Crippen LogP contribution in [0.25, 0.3) is 0 Å². The number of fused-ring (bicyclic) bond motifs is 1. The minimum atomic E-state index is -0.461. The summed E-state index contributed by atoms with van der Waals surface area (Å²) in [6.45, 7) is 7.56. The quantitative estimate of drug-likeness (QED) is 0.791. The third kappa shape index (κ3) is 3.62. The van der Waals surface area contributed by atoms with E-state index in [-0.39, 0.29) is 6.09 Å². The number of halogens is 1. The van der Waals surface area contributed by atoms with Crippen molar-refractivity contribution in [3.63, 3.8) is 0 Å². The number of nitrogens with one attached hydrogen (secondary N) is 1. The molecule has 1 aromatic rings. The Morgan fingerprint density at radius 2 is 2.16 bits per heavy atom. The van der Waals surface area contributed by atoms with E-state index in [0.717, 1.165) is 22.3 Å². The lowest BCUT2D eigenvalue weighted by Crippen LogP contribution is -2.37. The topological polar surface area (TPSA) is 41.6 Å². The fourth-order valence-electron chi connectivity index (χ4n) is 1.98. The second-order valence-electron chi connectivity index (χ2n) is 5.60. The third-order valence-corrected chi connectivity index (χ3v) is 3.46. The van der Waals surface area contributed by atoms with Gasteiger partial charge in [0.1, 0.15) is 5.60 Å². The zero-order valence-corrected chi connectivity index (χ0v) is 13.1. The van der Waals surface area contributed by atoms with Gasteiger partial charge in [0, 0.05) is 17.6 Å². The number of benzene rings is 1. The summed E-state index contributed by atoms with van der Waals surface area (Å²) in [5, 5.41) is 3.34. The van der Waals surface area contributed by atoms with E-state index in [9.17, 15) is 4.79 Å². The second kappa shape index (κ2) is 5.41. The molecule has 0 saturated carbocycles. The van der Waals surface area contributed by atoms with Crippen LogP contribution >= 0.6 is 15.9 Å². The van der Waals surface area contributed by atoms with Crippen molar-refractivity contribution in [3.05, 3.63) is 28.2 Å². The van der Waals surface area contributed by atoms with Gasteiger partial charge in [-0.05, 0) is 48.3 Å². The number of carbonyl (C=O) groups excluding carboxylic acids is 1. The standard InChI is InChI=1S/C14H19BrN2O2/c1-14(2,3)19-13(18)17-8-7-16-12-10(9-17)5-4-6-11(12)15/h4-6,16H,7-9H2,1-3H3. The first-order valence-corrected chi connectivity index (χ1v) is 7.15. The molecule has 0 bridgehead atoms. The molecule has 0 spiro atoms. The fourth-order valence-corrected chi connectivity index (χ4v) is 2.53. The van der Waals surface area contributed by atoms with Gasteiger partial charge in [0.15, 0.2) is 0 Å². The van der Waals surface area contributed by atoms with E-state index in [1.807, 2.05) is 39.0 Å². The summed E-state index contributed by atoms with van der Waals surface area (Å²) < 4.78 is 6.45. The molecule has 2 rings (SSSR count). The van der Waals surface area contributed by atoms with Crippen LogP contribution in [-0.2, 0) is 11.3 Å². The van der Waals surface area contributed by atoms with Crippen LogP contribution < -0.4 is 5.32 Å². The second-order valence-corrected chi connectivity index (χ2v) is 6.46. The summed E-state index contributed by atoms with van der Waals surface area (Å²) in [5.74, 6) is 0. The molecule has 0 fully saturated rings. The number of amides is 1. The van der Waals surface area contributed by atoms with Crippen LogP contribution in [-0.4, -0.2) is 29.7 Å². The molecule has 1 aliphatic rings. The number of anilines is 1. The first-order chi connectivity index (χ1) is 8.87. The fraction of sp³-hybridized carbons (Fsp3) is 0.500. The van der Waals surface area contributed by atoms with Crippen molar-refractivity contribution in [2.24, 2.45) is 0 Å². The van der Waals surface area contributed by atoms with Crippen LogP contribution in [0.4, 0.5) is 10.5 Å². The molecule has 0 atom stereocenters. The largest absolute Gasteiger partial charge is 0.444 e. The van der Waals surface area contributed by atoms with Crippen molar-refractivity contribution in [3.8, 4) is 0 Å². The van der Waals surface area contributed by atoms with Crippen molar-refractivity contribution < 1.29 is 9.53 Å². The first-order valence-electron chi connectivity index (χ1n) is 6.36. The molecule has 19 heavy (non-hydrogen) atoms. The number of para-hydroxylation sites is 1. The Morgan fingerprint density at radius 1 is 1.42 bits per heavy atom. The molecule has 0 saturated heterocycles. The predicted molar refractivity (Wildman–Crippen MR) is 79.3 cm³/mol. The van der Waals surface area contributed by atoms with Gasteiger partial charge >= 0.3 is 6.09 Å². The molecule has 1 amide bonds. The van der Waals surface area contributed by atoms with E-state index in [1.54, 1.807) is 4.90 Å². The Balaban J connectivity index is 2.16. The van der Waals surface area contributed by atoms with Gasteiger partial charge in [-0.1, -0.05) is 12.1 Å². The minimum Gasteiger partial charge on any atom is -0.444 e. The predicted octanol–water partition coefficient (Wildman–Crippen LogP) is 3.61. The van der Waals surface area contributed by atoms with E-state index in [1.165, 1.54) is 0 Å². The maximum atomic E-state index is 12.1. The van der Waals surface area contributed by atoms with Crippen molar-refractivity contribution in [1.29, 1.82) is 0 Å². The minimum absolute atomic E-state index is 0.262. The highest BCUT2D eigenvalue weighted by Crippen LogP contribution is 2.29. The molecule has 1 aromatic carbocycles. The summed E-state index contributed by atoms with van der Waals surface area (Å²) in [4.78, 5) is 13.9. The molecule has 104 valence electrons. The summed E-state index contributed by atoms with van der Waals surface area (Å²) in [7, 11) is 0. The SMILES string of the molecule is CC(C)(C)OC(=O)N1CCNc2c(Br)cccc2C1. The molecular weight excluding hydrogens is 308 g/mol. The lowest BCUT2D eigenvalue weighted by atomic mass is 10.2. The molecule has 1 aliphatic heterocycles. The third-order valence-electron chi connectivity index (χ3n) is 2.80. The van der Waals surface area contributed by atoms with Crippen molar-refractivity contribution in [1.82, 2.24) is 4.90 Å². The van der Waals surface area contributed by atoms with Gasteiger partial charge in [0.2, 0.25) is 0 Å². The molecule has 0 aromatic heterocycles. The highest BCUT2D eigenvalue weighted by atomic mass is 79.9. The van der Waals surface area contributed by atoms with E-state index in [4.69, 9.17) is 4.74 Å². The number of ether oxygens (including phenoxy) is 1. The Bertz CT molecular complexity index is 483. The van der Waals surface area contributed by atoms with E-state index in [2.05, 4.69) is 21.2 Å². The number of nitrogens with zero attached hydrogens (tertiary/aromatic N) is 1. The van der Waals surface area contributed by atoms with Gasteiger partial charge in [0.25, 0.3) is 0 Å². The van der Waals surface area contributed by atoms with Crippen molar-refractivity contribution >= 4 is 27.7 Å². The lowest BCUT2D eigenvalue weighted by Gasteiger charge is -2.26. The van der Waals surface area contributed by atoms with Gasteiger partial charge in [-0.15, -0.1) is 0 Å². The van der Waals surface area contributed by atoms with Crippen LogP contribution in [0.2, 0.25) is 0 Å². The van der Waals surface area contributed by atoms with Crippen molar-refractivity contribution in [2.75, 3.05) is 18.4 Å². The summed E-state index contributed by atoms with van der Waals surface area (Å²) >= 11 is 3.53. The van der Waals surface area contributed by atoms with Gasteiger partial charge in [0.05, 0.1) is 12.2 Å². The van der Waals surface area contributed by atoms with E-state index in [0.29, 0.717) is 13.1 Å². The molecule has 1 heterocycles. The molecule has 4 nitrogen and oxygen atoms in total. The Hall–Kier alpha value is -1.23. The smallest absolute Gasteiger partial charge is 0.410 e. The Kier molecular flexibility index (Phi) is 4.04. The molecule has 0 unspecified atom stereocenters. The average molecular weight is 327 g/mol. The van der Waals surface area contributed by atoms with Gasteiger partial charge in [-0.25, -0.2) is 4.79 Å². The van der Waals surface area contributed by atoms with Gasteiger partial charge in [-0.2, -0.15) is 0 Å². The monoisotopic (exact) mass is 326 g/mol. The zero-order chi connectivity index (χ0) is 14.0. The van der Waals surface area contributed by atoms with E-state index >= 15 is 0 Å². The molecular formula is C14H19BrN2O2. The number of rotatable bonds is 0. The number of hydrogen-bond acceptors (Lipinski definition) is 3. The zero-order valence-electron chi connectivity index (χ0n) is 11.5. The Morgan fingerprint density at radius 3 is 2.84 bits per heavy atom. The van der Waals surface area contributed by atoms with Crippen LogP contribution in [0.5, 0.6) is 0 Å². The number of hydrogen-bond donors (Lipinski definition) is 1. The normalized spacial score (nSPS) is 15.3. The van der Waals surface area contributed by atoms with E-state index < -0.39 is 5.60 Å². The summed E-state index contributed by atoms with van der Waals surface area (Å²) in [6, 6.07) is 5.99. The highest BCUT2D eigenvalue weighted by molar-refractivity contribution is 9.10. The van der Waals surface area contributed by atoms with Gasteiger partial charge in [-0.3, -0.25) is 0 Å². The summed E-state index contributed by atoms with van der Waals surface area (Å²) in [5.41, 5.74) is 1.70. The Labute approximate surface area is 122 Å². The van der Waals surface area contributed by atoms with Crippen LogP contribution in [0, 0.1) is 0 Å². The van der Waals surface area contributed by atoms with Crippen LogP contribution in [0.15, 0.2) is 22.7 Å². The first kappa shape index (κ1) is 14.2. The van der Waals surface area contributed by atoms with Crippen molar-refractivity contribution in [2.45, 2.75) is 32.9 Å².